The average Bonchev–Trinajstić information content (AvgIpc) is 2.52. The molecule has 0 atom stereocenters. The second kappa shape index (κ2) is 8.32. The number of rotatable bonds is 6. The number of nitrogens with zero attached hydrogens (tertiary/aromatic N) is 4. The van der Waals surface area contributed by atoms with Crippen molar-refractivity contribution in [1.29, 1.82) is 5.26 Å². The van der Waals surface area contributed by atoms with Gasteiger partial charge >= 0.3 is 0 Å². The van der Waals surface area contributed by atoms with E-state index in [4.69, 9.17) is 20.7 Å². The van der Waals surface area contributed by atoms with Crippen molar-refractivity contribution in [2.24, 2.45) is 21.0 Å². The Kier molecular flexibility index (Phi) is 6.41. The Morgan fingerprint density at radius 1 is 1.33 bits per heavy atom. The standard InChI is InChI=1S/C14H17N5O2/c1-10(8-15)18-21-9-11-6-4-5-7-12(11)13(19-20-3)14(16)17-2/h4-7H,9H2,1-3H3,(H2,16,17)/b18-10-,19-13+. The zero-order valence-corrected chi connectivity index (χ0v) is 12.2. The molecule has 0 aliphatic heterocycles. The molecule has 7 nitrogen and oxygen atoms in total. The second-order valence-electron chi connectivity index (χ2n) is 3.95. The minimum Gasteiger partial charge on any atom is -0.399 e. The lowest BCUT2D eigenvalue weighted by Gasteiger charge is -2.10. The first-order chi connectivity index (χ1) is 10.1. The Balaban J connectivity index is 3.09. The molecule has 0 spiro atoms. The van der Waals surface area contributed by atoms with Crippen LogP contribution in [0.1, 0.15) is 18.1 Å². The highest BCUT2D eigenvalue weighted by atomic mass is 16.6. The summed E-state index contributed by atoms with van der Waals surface area (Å²) < 4.78 is 0. The van der Waals surface area contributed by atoms with Crippen LogP contribution in [0.4, 0.5) is 0 Å². The van der Waals surface area contributed by atoms with Gasteiger partial charge in [0.1, 0.15) is 25.6 Å². The number of benzene rings is 1. The summed E-state index contributed by atoms with van der Waals surface area (Å²) in [5.41, 5.74) is 8.02. The molecule has 0 heterocycles. The van der Waals surface area contributed by atoms with Crippen molar-refractivity contribution in [1.82, 2.24) is 0 Å². The van der Waals surface area contributed by atoms with Gasteiger partial charge in [0.2, 0.25) is 0 Å². The van der Waals surface area contributed by atoms with Gasteiger partial charge < -0.3 is 15.4 Å². The summed E-state index contributed by atoms with van der Waals surface area (Å²) in [6, 6.07) is 9.25. The van der Waals surface area contributed by atoms with Gasteiger partial charge in [-0.3, -0.25) is 4.99 Å². The Labute approximate surface area is 123 Å². The predicted octanol–water partition coefficient (Wildman–Crippen LogP) is 1.44. The molecular weight excluding hydrogens is 270 g/mol. The van der Waals surface area contributed by atoms with E-state index in [0.717, 1.165) is 11.1 Å². The number of oxime groups is 2. The fourth-order valence-corrected chi connectivity index (χ4v) is 1.53. The summed E-state index contributed by atoms with van der Waals surface area (Å²) in [6.45, 7) is 1.74. The molecule has 7 heteroatoms. The van der Waals surface area contributed by atoms with Gasteiger partial charge in [-0.25, -0.2) is 0 Å². The van der Waals surface area contributed by atoms with Crippen molar-refractivity contribution < 1.29 is 9.68 Å². The number of aliphatic imine (C=N–C) groups is 1. The van der Waals surface area contributed by atoms with Crippen molar-refractivity contribution in [2.45, 2.75) is 13.5 Å². The Hall–Kier alpha value is -2.88. The van der Waals surface area contributed by atoms with Crippen LogP contribution in [0.25, 0.3) is 0 Å². The molecule has 0 aromatic heterocycles. The van der Waals surface area contributed by atoms with Crippen molar-refractivity contribution in [3.05, 3.63) is 35.4 Å². The smallest absolute Gasteiger partial charge is 0.153 e. The van der Waals surface area contributed by atoms with Gasteiger partial charge in [-0.1, -0.05) is 34.6 Å². The summed E-state index contributed by atoms with van der Waals surface area (Å²) in [5.74, 6) is 0.251. The first kappa shape index (κ1) is 16.2. The van der Waals surface area contributed by atoms with Crippen LogP contribution < -0.4 is 5.73 Å². The van der Waals surface area contributed by atoms with Gasteiger partial charge in [-0.05, 0) is 6.92 Å². The summed E-state index contributed by atoms with van der Waals surface area (Å²) >= 11 is 0. The summed E-state index contributed by atoms with van der Waals surface area (Å²) in [6.07, 6.45) is 0. The van der Waals surface area contributed by atoms with Crippen LogP contribution in [0.15, 0.2) is 39.6 Å². The molecule has 0 radical (unpaired) electrons. The van der Waals surface area contributed by atoms with Crippen LogP contribution >= 0.6 is 0 Å². The molecule has 21 heavy (non-hydrogen) atoms. The molecule has 0 saturated carbocycles. The van der Waals surface area contributed by atoms with Gasteiger partial charge in [0, 0.05) is 18.2 Å². The first-order valence-corrected chi connectivity index (χ1v) is 6.12. The van der Waals surface area contributed by atoms with E-state index in [2.05, 4.69) is 15.3 Å². The van der Waals surface area contributed by atoms with E-state index in [1.54, 1.807) is 14.0 Å². The third-order valence-electron chi connectivity index (χ3n) is 2.52. The van der Waals surface area contributed by atoms with Crippen LogP contribution in [0.2, 0.25) is 0 Å². The van der Waals surface area contributed by atoms with E-state index in [9.17, 15) is 0 Å². The molecule has 0 unspecified atom stereocenters. The fraction of sp³-hybridized carbons (Fsp3) is 0.286. The summed E-state index contributed by atoms with van der Waals surface area (Å²) in [4.78, 5) is 13.9. The lowest BCUT2D eigenvalue weighted by Crippen LogP contribution is -2.26. The first-order valence-electron chi connectivity index (χ1n) is 6.12. The number of hydrogen-bond donors (Lipinski definition) is 1. The van der Waals surface area contributed by atoms with Crippen LogP contribution in [0.3, 0.4) is 0 Å². The quantitative estimate of drug-likeness (QED) is 0.485. The van der Waals surface area contributed by atoms with Crippen molar-refractivity contribution in [2.75, 3.05) is 14.2 Å². The molecule has 2 N–H and O–H groups in total. The third-order valence-corrected chi connectivity index (χ3v) is 2.52. The lowest BCUT2D eigenvalue weighted by atomic mass is 10.0. The molecule has 0 aliphatic rings. The molecule has 1 aromatic carbocycles. The summed E-state index contributed by atoms with van der Waals surface area (Å²) in [5, 5.41) is 16.2. The predicted molar refractivity (Wildman–Crippen MR) is 81.0 cm³/mol. The van der Waals surface area contributed by atoms with Gasteiger partial charge in [0.15, 0.2) is 11.4 Å². The number of nitrogens with two attached hydrogens (primary N) is 1. The van der Waals surface area contributed by atoms with E-state index in [1.165, 1.54) is 7.11 Å². The highest BCUT2D eigenvalue weighted by molar-refractivity contribution is 6.47. The third kappa shape index (κ3) is 4.62. The van der Waals surface area contributed by atoms with Crippen LogP contribution in [-0.4, -0.2) is 31.4 Å². The molecule has 0 saturated heterocycles. The molecule has 110 valence electrons. The Morgan fingerprint density at radius 2 is 2.05 bits per heavy atom. The molecule has 0 fully saturated rings. The van der Waals surface area contributed by atoms with E-state index in [0.29, 0.717) is 5.71 Å². The highest BCUT2D eigenvalue weighted by Crippen LogP contribution is 2.12. The monoisotopic (exact) mass is 287 g/mol. The van der Waals surface area contributed by atoms with Crippen LogP contribution in [0.5, 0.6) is 0 Å². The van der Waals surface area contributed by atoms with E-state index < -0.39 is 0 Å². The largest absolute Gasteiger partial charge is 0.399 e. The maximum absolute atomic E-state index is 8.62. The van der Waals surface area contributed by atoms with Gasteiger partial charge in [0.25, 0.3) is 0 Å². The van der Waals surface area contributed by atoms with E-state index in [-0.39, 0.29) is 18.2 Å². The van der Waals surface area contributed by atoms with Gasteiger partial charge in [-0.2, -0.15) is 5.26 Å². The number of hydrogen-bond acceptors (Lipinski definition) is 6. The topological polar surface area (TPSA) is 105 Å². The second-order valence-corrected chi connectivity index (χ2v) is 3.95. The van der Waals surface area contributed by atoms with Crippen molar-refractivity contribution in [3.63, 3.8) is 0 Å². The van der Waals surface area contributed by atoms with E-state index >= 15 is 0 Å². The maximum atomic E-state index is 8.62. The van der Waals surface area contributed by atoms with Crippen molar-refractivity contribution in [3.8, 4) is 6.07 Å². The Bertz CT molecular complexity index is 614. The molecular formula is C14H17N5O2. The Morgan fingerprint density at radius 3 is 2.67 bits per heavy atom. The SMILES string of the molecule is CN=C(N)/C(=N/OC)c1ccccc1CO/N=C(/C)C#N. The number of amidine groups is 1. The molecule has 1 rings (SSSR count). The van der Waals surface area contributed by atoms with E-state index in [1.807, 2.05) is 30.3 Å². The van der Waals surface area contributed by atoms with Crippen LogP contribution in [0, 0.1) is 11.3 Å². The molecule has 0 aliphatic carbocycles. The van der Waals surface area contributed by atoms with Crippen LogP contribution in [-0.2, 0) is 16.3 Å². The lowest BCUT2D eigenvalue weighted by molar-refractivity contribution is 0.130. The molecule has 0 amide bonds. The van der Waals surface area contributed by atoms with Gasteiger partial charge in [-0.15, -0.1) is 0 Å². The average molecular weight is 287 g/mol. The van der Waals surface area contributed by atoms with Gasteiger partial charge in [0.05, 0.1) is 0 Å². The fourth-order valence-electron chi connectivity index (χ4n) is 1.53. The molecule has 1 aromatic rings. The zero-order chi connectivity index (χ0) is 15.7. The minimum atomic E-state index is 0.176. The normalized spacial score (nSPS) is 12.8. The molecule has 0 bridgehead atoms. The summed E-state index contributed by atoms with van der Waals surface area (Å²) in [7, 11) is 3.00. The highest BCUT2D eigenvalue weighted by Gasteiger charge is 2.14. The van der Waals surface area contributed by atoms with Crippen molar-refractivity contribution >= 4 is 17.3 Å². The number of nitriles is 1. The minimum absolute atomic E-state index is 0.176. The maximum Gasteiger partial charge on any atom is 0.153 e. The zero-order valence-electron chi connectivity index (χ0n) is 12.2.